The van der Waals surface area contributed by atoms with Gasteiger partial charge in [0.2, 0.25) is 0 Å². The first-order chi connectivity index (χ1) is 8.75. The fourth-order valence-electron chi connectivity index (χ4n) is 2.53. The van der Waals surface area contributed by atoms with Crippen molar-refractivity contribution in [2.45, 2.75) is 25.8 Å². The average Bonchev–Trinajstić information content (AvgIpc) is 3.00. The molecule has 1 saturated heterocycles. The molecule has 1 unspecified atom stereocenters. The summed E-state index contributed by atoms with van der Waals surface area (Å²) in [6, 6.07) is 5.54. The number of nitrogens with zero attached hydrogens (tertiary/aromatic N) is 1. The molecule has 1 fully saturated rings. The van der Waals surface area contributed by atoms with E-state index in [2.05, 4.69) is 15.5 Å². The third-order valence-electron chi connectivity index (χ3n) is 3.55. The van der Waals surface area contributed by atoms with Crippen LogP contribution >= 0.6 is 0 Å². The molecule has 1 aliphatic rings. The zero-order valence-electron chi connectivity index (χ0n) is 10.3. The van der Waals surface area contributed by atoms with Crippen LogP contribution in [0.5, 0.6) is 0 Å². The number of nitrogens with one attached hydrogen (secondary N) is 2. The maximum Gasteiger partial charge on any atom is 0.126 e. The summed E-state index contributed by atoms with van der Waals surface area (Å²) >= 11 is 0. The fourth-order valence-corrected chi connectivity index (χ4v) is 2.53. The van der Waals surface area contributed by atoms with Gasteiger partial charge in [-0.2, -0.15) is 5.10 Å². The summed E-state index contributed by atoms with van der Waals surface area (Å²) in [5.41, 5.74) is 3.86. The second-order valence-corrected chi connectivity index (χ2v) is 4.81. The van der Waals surface area contributed by atoms with E-state index in [1.54, 1.807) is 6.92 Å². The van der Waals surface area contributed by atoms with Crippen molar-refractivity contribution in [1.82, 2.24) is 15.5 Å². The van der Waals surface area contributed by atoms with E-state index in [0.717, 1.165) is 29.8 Å². The van der Waals surface area contributed by atoms with E-state index in [1.807, 2.05) is 18.3 Å². The number of rotatable bonds is 2. The van der Waals surface area contributed by atoms with Gasteiger partial charge in [0.25, 0.3) is 0 Å². The Morgan fingerprint density at radius 3 is 3.00 bits per heavy atom. The van der Waals surface area contributed by atoms with E-state index in [9.17, 15) is 4.39 Å². The standard InChI is InChI=1S/C14H16FN3/c1-9-7-10(4-5-12(9)15)11-8-17-18-14(11)13-3-2-6-16-13/h4-5,7-8,13,16H,2-3,6H2,1H3,(H,17,18). The van der Waals surface area contributed by atoms with Gasteiger partial charge < -0.3 is 5.32 Å². The quantitative estimate of drug-likeness (QED) is 0.854. The lowest BCUT2D eigenvalue weighted by molar-refractivity contribution is 0.618. The van der Waals surface area contributed by atoms with Crippen LogP contribution in [0.4, 0.5) is 4.39 Å². The molecule has 0 saturated carbocycles. The van der Waals surface area contributed by atoms with Crippen molar-refractivity contribution in [2.24, 2.45) is 0 Å². The normalized spacial score (nSPS) is 19.3. The second kappa shape index (κ2) is 4.53. The summed E-state index contributed by atoms with van der Waals surface area (Å²) in [5.74, 6) is -0.164. The van der Waals surface area contributed by atoms with Crippen molar-refractivity contribution in [1.29, 1.82) is 0 Å². The summed E-state index contributed by atoms with van der Waals surface area (Å²) in [5, 5.41) is 10.7. The van der Waals surface area contributed by atoms with Crippen LogP contribution in [-0.2, 0) is 0 Å². The lowest BCUT2D eigenvalue weighted by Crippen LogP contribution is -2.14. The lowest BCUT2D eigenvalue weighted by Gasteiger charge is -2.11. The van der Waals surface area contributed by atoms with Crippen LogP contribution in [0.15, 0.2) is 24.4 Å². The molecule has 4 heteroatoms. The van der Waals surface area contributed by atoms with Gasteiger partial charge in [0, 0.05) is 11.6 Å². The molecule has 1 aromatic heterocycles. The van der Waals surface area contributed by atoms with Crippen LogP contribution in [0.25, 0.3) is 11.1 Å². The molecule has 1 aliphatic heterocycles. The van der Waals surface area contributed by atoms with E-state index in [-0.39, 0.29) is 5.82 Å². The monoisotopic (exact) mass is 245 g/mol. The highest BCUT2D eigenvalue weighted by Gasteiger charge is 2.21. The first kappa shape index (κ1) is 11.4. The Balaban J connectivity index is 2.00. The molecule has 0 aliphatic carbocycles. The highest BCUT2D eigenvalue weighted by molar-refractivity contribution is 5.66. The highest BCUT2D eigenvalue weighted by atomic mass is 19.1. The average molecular weight is 245 g/mol. The summed E-state index contributed by atoms with van der Waals surface area (Å²) in [7, 11) is 0. The molecule has 3 nitrogen and oxygen atoms in total. The topological polar surface area (TPSA) is 40.7 Å². The zero-order chi connectivity index (χ0) is 12.5. The molecule has 1 atom stereocenters. The molecule has 2 aromatic rings. The minimum absolute atomic E-state index is 0.164. The number of H-pyrrole nitrogens is 1. The Labute approximate surface area is 105 Å². The summed E-state index contributed by atoms with van der Waals surface area (Å²) in [4.78, 5) is 0. The van der Waals surface area contributed by atoms with Gasteiger partial charge in [0.15, 0.2) is 0 Å². The van der Waals surface area contributed by atoms with Gasteiger partial charge >= 0.3 is 0 Å². The van der Waals surface area contributed by atoms with Gasteiger partial charge in [-0.05, 0) is 49.6 Å². The third-order valence-corrected chi connectivity index (χ3v) is 3.55. The molecule has 1 aromatic carbocycles. The number of aromatic amines is 1. The van der Waals surface area contributed by atoms with Crippen LogP contribution in [0.1, 0.15) is 30.1 Å². The van der Waals surface area contributed by atoms with Crippen molar-refractivity contribution in [3.63, 3.8) is 0 Å². The van der Waals surface area contributed by atoms with E-state index in [1.165, 1.54) is 12.5 Å². The molecule has 94 valence electrons. The fraction of sp³-hybridized carbons (Fsp3) is 0.357. The molecule has 0 spiro atoms. The second-order valence-electron chi connectivity index (χ2n) is 4.81. The summed E-state index contributed by atoms with van der Waals surface area (Å²) in [6.07, 6.45) is 4.13. The van der Waals surface area contributed by atoms with Crippen molar-refractivity contribution in [3.8, 4) is 11.1 Å². The van der Waals surface area contributed by atoms with Crippen molar-refractivity contribution in [3.05, 3.63) is 41.5 Å². The molecule has 0 bridgehead atoms. The van der Waals surface area contributed by atoms with E-state index in [0.29, 0.717) is 11.6 Å². The van der Waals surface area contributed by atoms with Gasteiger partial charge in [0.1, 0.15) is 5.82 Å². The number of hydrogen-bond acceptors (Lipinski definition) is 2. The molecule has 18 heavy (non-hydrogen) atoms. The molecule has 0 amide bonds. The molecule has 2 N–H and O–H groups in total. The van der Waals surface area contributed by atoms with Crippen LogP contribution in [0.3, 0.4) is 0 Å². The Hall–Kier alpha value is -1.68. The van der Waals surface area contributed by atoms with E-state index < -0.39 is 0 Å². The molecule has 3 rings (SSSR count). The van der Waals surface area contributed by atoms with Gasteiger partial charge in [0.05, 0.1) is 11.9 Å². The van der Waals surface area contributed by atoms with Crippen molar-refractivity contribution in [2.75, 3.05) is 6.54 Å². The van der Waals surface area contributed by atoms with Crippen LogP contribution in [0, 0.1) is 12.7 Å². The summed E-state index contributed by atoms with van der Waals surface area (Å²) in [6.45, 7) is 2.83. The molecule has 0 radical (unpaired) electrons. The van der Waals surface area contributed by atoms with Crippen LogP contribution < -0.4 is 5.32 Å². The van der Waals surface area contributed by atoms with Crippen LogP contribution in [-0.4, -0.2) is 16.7 Å². The Morgan fingerprint density at radius 1 is 1.39 bits per heavy atom. The van der Waals surface area contributed by atoms with E-state index in [4.69, 9.17) is 0 Å². The zero-order valence-corrected chi connectivity index (χ0v) is 10.3. The maximum atomic E-state index is 13.3. The molecule has 2 heterocycles. The Kier molecular flexibility index (Phi) is 2.88. The van der Waals surface area contributed by atoms with Crippen LogP contribution in [0.2, 0.25) is 0 Å². The number of benzene rings is 1. The lowest BCUT2D eigenvalue weighted by atomic mass is 10.00. The van der Waals surface area contributed by atoms with Gasteiger partial charge in [-0.1, -0.05) is 6.07 Å². The number of aryl methyl sites for hydroxylation is 1. The predicted octanol–water partition coefficient (Wildman–Crippen LogP) is 2.95. The first-order valence-electron chi connectivity index (χ1n) is 6.29. The van der Waals surface area contributed by atoms with Gasteiger partial charge in [-0.25, -0.2) is 4.39 Å². The largest absolute Gasteiger partial charge is 0.309 e. The smallest absolute Gasteiger partial charge is 0.126 e. The first-order valence-corrected chi connectivity index (χ1v) is 6.29. The van der Waals surface area contributed by atoms with Gasteiger partial charge in [-0.15, -0.1) is 0 Å². The number of aromatic nitrogens is 2. The minimum atomic E-state index is -0.164. The SMILES string of the molecule is Cc1cc(-c2cn[nH]c2C2CCCN2)ccc1F. The molecular weight excluding hydrogens is 229 g/mol. The summed E-state index contributed by atoms with van der Waals surface area (Å²) < 4.78 is 13.3. The van der Waals surface area contributed by atoms with Crippen molar-refractivity contribution >= 4 is 0 Å². The molecular formula is C14H16FN3. The minimum Gasteiger partial charge on any atom is -0.309 e. The van der Waals surface area contributed by atoms with Gasteiger partial charge in [-0.3, -0.25) is 5.10 Å². The number of hydrogen-bond donors (Lipinski definition) is 2. The highest BCUT2D eigenvalue weighted by Crippen LogP contribution is 2.31. The Morgan fingerprint density at radius 2 is 2.28 bits per heavy atom. The third kappa shape index (κ3) is 1.93. The maximum absolute atomic E-state index is 13.3. The number of halogens is 1. The predicted molar refractivity (Wildman–Crippen MR) is 68.7 cm³/mol. The van der Waals surface area contributed by atoms with E-state index >= 15 is 0 Å². The Bertz CT molecular complexity index is 556. The van der Waals surface area contributed by atoms with Crippen molar-refractivity contribution < 1.29 is 4.39 Å².